The number of amides is 9. The number of H-pyrrole nitrogens is 2. The molecule has 0 saturated carbocycles. The average molecular weight is 1240 g/mol. The van der Waals surface area contributed by atoms with Gasteiger partial charge in [0.15, 0.2) is 0 Å². The van der Waals surface area contributed by atoms with Gasteiger partial charge < -0.3 is 73.8 Å². The van der Waals surface area contributed by atoms with E-state index in [1.165, 1.54) is 6.92 Å². The number of carbonyl (C=O) groups is 10. The number of alkyl halides is 3. The summed E-state index contributed by atoms with van der Waals surface area (Å²) in [7, 11) is 0. The van der Waals surface area contributed by atoms with E-state index in [0.29, 0.717) is 35.1 Å². The van der Waals surface area contributed by atoms with Gasteiger partial charge in [-0.05, 0) is 80.0 Å². The molecule has 6 aromatic rings. The normalized spacial score (nSPS) is 20.6. The number of aliphatic hydroxyl groups is 1. The van der Waals surface area contributed by atoms with E-state index in [-0.39, 0.29) is 77.4 Å². The third kappa shape index (κ3) is 21.3. The fourth-order valence-corrected chi connectivity index (χ4v) is 10.0. The topological polar surface area (TPSA) is 382 Å². The SMILES string of the molecule is C[C@@H](O)[C@@H]1NC(=O)[C@H](CCCCN)NC(=O)[C@@H](Cc2c[nH]c3ccccc23)NC(=O)[C@H](Cc2c[nH]c3ccccc23)NC(=O)[C@H](Cc2ccccc2)NC(=O)CCCNC(=O)CCCN(CC(N)=O)C(=O)[C@H](Cc2ccccc2)NC1=O.O=C(O)C(F)(F)F. The monoisotopic (exact) mass is 1240 g/mol. The molecular formula is C62H75F3N12O12. The van der Waals surface area contributed by atoms with Crippen molar-refractivity contribution in [2.75, 3.05) is 26.2 Å². The Balaban J connectivity index is 0.00000170. The molecule has 9 amide bonds. The zero-order valence-electron chi connectivity index (χ0n) is 48.9. The van der Waals surface area contributed by atoms with E-state index in [1.54, 1.807) is 67.0 Å². The molecule has 15 N–H and O–H groups in total. The number of nitrogens with one attached hydrogen (secondary N) is 9. The summed E-state index contributed by atoms with van der Waals surface area (Å²) in [5.41, 5.74) is 15.6. The summed E-state index contributed by atoms with van der Waals surface area (Å²) in [4.78, 5) is 144. The predicted octanol–water partition coefficient (Wildman–Crippen LogP) is 1.98. The summed E-state index contributed by atoms with van der Waals surface area (Å²) in [5.74, 6) is -9.38. The molecule has 0 unspecified atom stereocenters. The fraction of sp³-hybridized carbons (Fsp3) is 0.387. The molecule has 476 valence electrons. The minimum atomic E-state index is -5.08. The molecule has 0 aliphatic carbocycles. The van der Waals surface area contributed by atoms with Crippen molar-refractivity contribution in [2.24, 2.45) is 11.5 Å². The summed E-state index contributed by atoms with van der Waals surface area (Å²) >= 11 is 0. The van der Waals surface area contributed by atoms with Crippen LogP contribution in [0.4, 0.5) is 13.2 Å². The van der Waals surface area contributed by atoms with Crippen LogP contribution in [0.3, 0.4) is 0 Å². The van der Waals surface area contributed by atoms with Gasteiger partial charge in [-0.3, -0.25) is 43.2 Å². The number of halogens is 3. The molecule has 27 heteroatoms. The number of hydrogen-bond donors (Lipinski definition) is 13. The van der Waals surface area contributed by atoms with Gasteiger partial charge in [0.25, 0.3) is 0 Å². The number of aromatic nitrogens is 2. The van der Waals surface area contributed by atoms with E-state index in [2.05, 4.69) is 47.2 Å². The second kappa shape index (κ2) is 33.5. The van der Waals surface area contributed by atoms with Crippen LogP contribution in [0.25, 0.3) is 21.8 Å². The van der Waals surface area contributed by atoms with Gasteiger partial charge in [-0.25, -0.2) is 4.79 Å². The molecule has 1 aliphatic heterocycles. The summed E-state index contributed by atoms with van der Waals surface area (Å²) in [6.45, 7) is 0.898. The number of benzene rings is 4. The van der Waals surface area contributed by atoms with Crippen molar-refractivity contribution in [2.45, 2.75) is 126 Å². The van der Waals surface area contributed by atoms with Crippen LogP contribution in [0.1, 0.15) is 74.1 Å². The molecule has 89 heavy (non-hydrogen) atoms. The Bertz CT molecular complexity index is 3400. The second-order valence-corrected chi connectivity index (χ2v) is 21.5. The van der Waals surface area contributed by atoms with Gasteiger partial charge in [0.05, 0.1) is 12.6 Å². The van der Waals surface area contributed by atoms with Crippen molar-refractivity contribution in [1.29, 1.82) is 0 Å². The third-order valence-electron chi connectivity index (χ3n) is 14.6. The quantitative estimate of drug-likeness (QED) is 0.0655. The van der Waals surface area contributed by atoms with Crippen LogP contribution >= 0.6 is 0 Å². The number of para-hydroxylation sites is 2. The van der Waals surface area contributed by atoms with Gasteiger partial charge >= 0.3 is 12.1 Å². The lowest BCUT2D eigenvalue weighted by molar-refractivity contribution is -0.192. The number of carboxylic acids is 1. The number of carboxylic acid groups (broad SMARTS) is 1. The highest BCUT2D eigenvalue weighted by atomic mass is 19.4. The standard InChI is InChI=1S/C60H74N12O10.C2HF3O2/c1-37(73)54-59(81)70-50(31-39-18-6-3-7-19-39)60(82)72(36-51(62)74)29-15-26-52(75)63-28-14-25-53(76)66-47(30-38-16-4-2-5-17-38)56(78)68-49(33-41-35-65-45-23-11-9-21-43(41)45)58(80)69-48(32-40-34-64-44-22-10-8-20-42(40)44)57(79)67-46(55(77)71-54)24-12-13-27-61;3-2(4,5)1(6)7/h2-11,16-23,34-35,37,46-50,54,64-65,73H,12-15,24-33,36,61H2,1H3,(H2,62,74)(H,63,75)(H,66,76)(H,67,79)(H,68,78)(H,69,80)(H,70,81)(H,71,77);(H,6,7)/t37-,46+,47+,48-,49+,50+,54+;/m1./s1. The Morgan fingerprint density at radius 1 is 0.584 bits per heavy atom. The van der Waals surface area contributed by atoms with E-state index in [0.717, 1.165) is 26.7 Å². The molecule has 0 spiro atoms. The predicted molar refractivity (Wildman–Crippen MR) is 321 cm³/mol. The number of aliphatic hydroxyl groups excluding tert-OH is 1. The molecule has 0 bridgehead atoms. The zero-order valence-corrected chi connectivity index (χ0v) is 48.9. The van der Waals surface area contributed by atoms with Crippen LogP contribution in [-0.2, 0) is 73.6 Å². The first-order valence-electron chi connectivity index (χ1n) is 29.0. The number of hydrogen-bond acceptors (Lipinski definition) is 12. The van der Waals surface area contributed by atoms with Gasteiger partial charge in [0.1, 0.15) is 36.3 Å². The molecule has 0 radical (unpaired) electrons. The molecule has 1 fully saturated rings. The van der Waals surface area contributed by atoms with E-state index in [4.69, 9.17) is 21.4 Å². The first kappa shape index (κ1) is 68.5. The molecule has 2 aromatic heterocycles. The van der Waals surface area contributed by atoms with Crippen LogP contribution < -0.4 is 48.7 Å². The Morgan fingerprint density at radius 2 is 1.03 bits per heavy atom. The van der Waals surface area contributed by atoms with E-state index >= 15 is 9.59 Å². The first-order chi connectivity index (χ1) is 42.5. The van der Waals surface area contributed by atoms with Crippen molar-refractivity contribution in [3.05, 3.63) is 144 Å². The summed E-state index contributed by atoms with van der Waals surface area (Å²) in [6, 6.07) is 24.1. The smallest absolute Gasteiger partial charge is 0.475 e. The minimum Gasteiger partial charge on any atom is -0.475 e. The zero-order chi connectivity index (χ0) is 64.6. The highest BCUT2D eigenvalue weighted by Crippen LogP contribution is 2.22. The number of rotatable bonds is 15. The highest BCUT2D eigenvalue weighted by molar-refractivity contribution is 5.99. The number of nitrogens with zero attached hydrogens (tertiary/aromatic N) is 1. The number of nitrogens with two attached hydrogens (primary N) is 2. The second-order valence-electron chi connectivity index (χ2n) is 21.5. The fourth-order valence-electron chi connectivity index (χ4n) is 10.0. The third-order valence-corrected chi connectivity index (χ3v) is 14.6. The van der Waals surface area contributed by atoms with E-state index in [9.17, 15) is 51.8 Å². The lowest BCUT2D eigenvalue weighted by Gasteiger charge is -2.30. The molecular weight excluding hydrogens is 1160 g/mol. The average Bonchev–Trinajstić information content (AvgIpc) is 4.28. The Kier molecular flexibility index (Phi) is 25.8. The summed E-state index contributed by atoms with van der Waals surface area (Å²) in [5, 5.41) is 39.3. The molecule has 7 rings (SSSR count). The van der Waals surface area contributed by atoms with E-state index < -0.39 is 114 Å². The molecule has 24 nitrogen and oxygen atoms in total. The van der Waals surface area contributed by atoms with Gasteiger partial charge in [-0.15, -0.1) is 0 Å². The highest BCUT2D eigenvalue weighted by Gasteiger charge is 2.39. The minimum absolute atomic E-state index is 0.000336. The van der Waals surface area contributed by atoms with Crippen molar-refractivity contribution in [3.63, 3.8) is 0 Å². The maximum Gasteiger partial charge on any atom is 0.490 e. The number of primary amides is 1. The maximum atomic E-state index is 15.1. The van der Waals surface area contributed by atoms with Crippen molar-refractivity contribution >= 4 is 80.9 Å². The Hall–Kier alpha value is -9.63. The van der Waals surface area contributed by atoms with Crippen LogP contribution in [0.2, 0.25) is 0 Å². The number of aromatic amines is 2. The number of carbonyl (C=O) groups excluding carboxylic acids is 9. The largest absolute Gasteiger partial charge is 0.490 e. The molecule has 7 atom stereocenters. The van der Waals surface area contributed by atoms with Gasteiger partial charge in [-0.2, -0.15) is 13.2 Å². The summed E-state index contributed by atoms with van der Waals surface area (Å²) in [6.07, 6.45) is -2.62. The van der Waals surface area contributed by atoms with Crippen LogP contribution in [0.5, 0.6) is 0 Å². The molecule has 1 saturated heterocycles. The van der Waals surface area contributed by atoms with Crippen LogP contribution in [0, 0.1) is 0 Å². The maximum absolute atomic E-state index is 15.1. The van der Waals surface area contributed by atoms with Crippen LogP contribution in [0.15, 0.2) is 122 Å². The summed E-state index contributed by atoms with van der Waals surface area (Å²) < 4.78 is 31.7. The van der Waals surface area contributed by atoms with E-state index in [1.807, 2.05) is 54.6 Å². The lowest BCUT2D eigenvalue weighted by Crippen LogP contribution is -2.62. The molecule has 1 aliphatic rings. The molecule has 3 heterocycles. The van der Waals surface area contributed by atoms with Gasteiger partial charge in [0, 0.05) is 85.8 Å². The Labute approximate surface area is 510 Å². The van der Waals surface area contributed by atoms with Gasteiger partial charge in [-0.1, -0.05) is 97.1 Å². The number of fused-ring (bicyclic) bond motifs is 2. The van der Waals surface area contributed by atoms with Gasteiger partial charge in [0.2, 0.25) is 53.2 Å². The Morgan fingerprint density at radius 3 is 1.53 bits per heavy atom. The van der Waals surface area contributed by atoms with Crippen molar-refractivity contribution < 1.29 is 71.3 Å². The lowest BCUT2D eigenvalue weighted by atomic mass is 10.00. The van der Waals surface area contributed by atoms with Crippen LogP contribution in [-0.4, -0.2) is 159 Å². The van der Waals surface area contributed by atoms with Crippen molar-refractivity contribution in [3.8, 4) is 0 Å². The molecule has 4 aromatic carbocycles. The van der Waals surface area contributed by atoms with Crippen molar-refractivity contribution in [1.82, 2.24) is 52.1 Å². The number of unbranched alkanes of at least 4 members (excludes halogenated alkanes) is 1. The number of aliphatic carboxylic acids is 1. The first-order valence-corrected chi connectivity index (χ1v) is 29.0.